The first-order valence-corrected chi connectivity index (χ1v) is 5.49. The summed E-state index contributed by atoms with van der Waals surface area (Å²) >= 11 is 9.16. The van der Waals surface area contributed by atoms with Crippen LogP contribution in [-0.2, 0) is 0 Å². The predicted molar refractivity (Wildman–Crippen MR) is 62.3 cm³/mol. The number of carbonyl (C=O) groups excluding carboxylic acids is 1. The highest BCUT2D eigenvalue weighted by molar-refractivity contribution is 9.10. The molecule has 0 bridgehead atoms. The van der Waals surface area contributed by atoms with E-state index in [9.17, 15) is 4.79 Å². The number of rotatable bonds is 2. The second-order valence-corrected chi connectivity index (χ2v) is 4.25. The van der Waals surface area contributed by atoms with Crippen LogP contribution >= 0.6 is 27.5 Å². The fraction of sp³-hybridized carbons (Fsp3) is 0. The van der Waals surface area contributed by atoms with Gasteiger partial charge in [-0.25, -0.2) is 9.78 Å². The molecule has 0 fully saturated rings. The van der Waals surface area contributed by atoms with Crippen LogP contribution in [-0.4, -0.2) is 15.7 Å². The molecule has 82 valence electrons. The third-order valence-electron chi connectivity index (χ3n) is 1.82. The molecule has 0 aliphatic heterocycles. The Morgan fingerprint density at radius 2 is 2.31 bits per heavy atom. The summed E-state index contributed by atoms with van der Waals surface area (Å²) in [6.07, 6.45) is 4.41. The van der Waals surface area contributed by atoms with Crippen LogP contribution in [0.2, 0.25) is 5.02 Å². The Balaban J connectivity index is 2.21. The van der Waals surface area contributed by atoms with Gasteiger partial charge < -0.3 is 4.84 Å². The number of hydrogen-bond donors (Lipinski definition) is 0. The highest BCUT2D eigenvalue weighted by atomic mass is 79.9. The fourth-order valence-corrected chi connectivity index (χ4v) is 1.85. The number of carbonyl (C=O) groups is 1. The molecule has 0 atom stereocenters. The summed E-state index contributed by atoms with van der Waals surface area (Å²) in [5.41, 5.74) is 0.304. The summed E-state index contributed by atoms with van der Waals surface area (Å²) in [6.45, 7) is 0. The number of benzene rings is 1. The third-order valence-corrected chi connectivity index (χ3v) is 2.63. The predicted octanol–water partition coefficient (Wildman–Crippen LogP) is 2.57. The molecule has 2 aromatic rings. The molecule has 0 amide bonds. The normalized spacial score (nSPS) is 10.1. The molecule has 0 saturated carbocycles. The Kier molecular flexibility index (Phi) is 3.26. The van der Waals surface area contributed by atoms with Gasteiger partial charge in [0.1, 0.15) is 6.33 Å². The highest BCUT2D eigenvalue weighted by Gasteiger charge is 2.12. The van der Waals surface area contributed by atoms with E-state index < -0.39 is 5.97 Å². The molecule has 0 spiro atoms. The molecule has 0 N–H and O–H groups in total. The number of imidazole rings is 1. The van der Waals surface area contributed by atoms with Crippen molar-refractivity contribution in [2.45, 2.75) is 0 Å². The molecule has 1 aromatic heterocycles. The summed E-state index contributed by atoms with van der Waals surface area (Å²) in [5, 5.41) is 0.333. The van der Waals surface area contributed by atoms with Crippen LogP contribution < -0.4 is 4.84 Å². The summed E-state index contributed by atoms with van der Waals surface area (Å²) in [6, 6.07) is 4.94. The van der Waals surface area contributed by atoms with Crippen LogP contribution in [0.3, 0.4) is 0 Å². The number of hydrogen-bond acceptors (Lipinski definition) is 3. The maximum atomic E-state index is 11.7. The zero-order valence-corrected chi connectivity index (χ0v) is 10.3. The quantitative estimate of drug-likeness (QED) is 0.856. The van der Waals surface area contributed by atoms with Crippen molar-refractivity contribution in [1.29, 1.82) is 0 Å². The molecule has 16 heavy (non-hydrogen) atoms. The molecule has 1 heterocycles. The molecule has 0 aliphatic rings. The first kappa shape index (κ1) is 11.2. The average molecular weight is 302 g/mol. The van der Waals surface area contributed by atoms with Gasteiger partial charge in [0, 0.05) is 10.7 Å². The SMILES string of the molecule is O=C(On1ccnc1)c1ccc(Br)cc1Cl. The molecular weight excluding hydrogens is 295 g/mol. The lowest BCUT2D eigenvalue weighted by Gasteiger charge is -2.05. The lowest BCUT2D eigenvalue weighted by Crippen LogP contribution is -2.18. The molecule has 1 aromatic carbocycles. The van der Waals surface area contributed by atoms with Gasteiger partial charge in [-0.15, -0.1) is 0 Å². The number of halogens is 2. The summed E-state index contributed by atoms with van der Waals surface area (Å²) < 4.78 is 2.01. The lowest BCUT2D eigenvalue weighted by atomic mass is 10.2. The zero-order valence-electron chi connectivity index (χ0n) is 7.93. The lowest BCUT2D eigenvalue weighted by molar-refractivity contribution is 0.0461. The minimum atomic E-state index is -0.532. The van der Waals surface area contributed by atoms with Crippen LogP contribution in [0.25, 0.3) is 0 Å². The topological polar surface area (TPSA) is 44.1 Å². The van der Waals surface area contributed by atoms with Gasteiger partial charge in [0.2, 0.25) is 0 Å². The van der Waals surface area contributed by atoms with E-state index in [0.717, 1.165) is 4.47 Å². The Hall–Kier alpha value is -1.33. The maximum absolute atomic E-state index is 11.7. The molecule has 0 radical (unpaired) electrons. The van der Waals surface area contributed by atoms with Crippen molar-refractivity contribution in [2.75, 3.05) is 0 Å². The van der Waals surface area contributed by atoms with E-state index in [2.05, 4.69) is 20.9 Å². The Morgan fingerprint density at radius 1 is 1.50 bits per heavy atom. The smallest absolute Gasteiger partial charge is 0.330 e. The molecule has 0 saturated heterocycles. The van der Waals surface area contributed by atoms with Crippen LogP contribution in [0.4, 0.5) is 0 Å². The van der Waals surface area contributed by atoms with Crippen molar-refractivity contribution < 1.29 is 9.63 Å². The van der Waals surface area contributed by atoms with Gasteiger partial charge in [0.15, 0.2) is 0 Å². The van der Waals surface area contributed by atoms with Gasteiger partial charge in [0.05, 0.1) is 16.8 Å². The van der Waals surface area contributed by atoms with Crippen LogP contribution in [0, 0.1) is 0 Å². The van der Waals surface area contributed by atoms with E-state index in [4.69, 9.17) is 16.4 Å². The Morgan fingerprint density at radius 3 is 2.94 bits per heavy atom. The molecule has 2 rings (SSSR count). The van der Waals surface area contributed by atoms with Crippen molar-refractivity contribution in [3.63, 3.8) is 0 Å². The first-order valence-electron chi connectivity index (χ1n) is 4.32. The summed E-state index contributed by atoms with van der Waals surface area (Å²) in [7, 11) is 0. The van der Waals surface area contributed by atoms with Gasteiger partial charge >= 0.3 is 5.97 Å². The van der Waals surface area contributed by atoms with Gasteiger partial charge in [-0.3, -0.25) is 0 Å². The largest absolute Gasteiger partial charge is 0.365 e. The van der Waals surface area contributed by atoms with E-state index in [1.54, 1.807) is 18.2 Å². The van der Waals surface area contributed by atoms with Crippen molar-refractivity contribution in [3.8, 4) is 0 Å². The van der Waals surface area contributed by atoms with E-state index in [-0.39, 0.29) is 0 Å². The summed E-state index contributed by atoms with van der Waals surface area (Å²) in [4.78, 5) is 20.4. The third kappa shape index (κ3) is 2.43. The Labute approximate surface area is 105 Å². The molecule has 0 unspecified atom stereocenters. The van der Waals surface area contributed by atoms with Crippen molar-refractivity contribution in [3.05, 3.63) is 52.0 Å². The van der Waals surface area contributed by atoms with Crippen LogP contribution in [0.15, 0.2) is 41.4 Å². The van der Waals surface area contributed by atoms with Crippen molar-refractivity contribution >= 4 is 33.5 Å². The molecule has 4 nitrogen and oxygen atoms in total. The molecule has 0 aliphatic carbocycles. The van der Waals surface area contributed by atoms with Gasteiger partial charge in [-0.05, 0) is 18.2 Å². The molecular formula is C10H6BrClN2O2. The number of aromatic nitrogens is 2. The average Bonchev–Trinajstić information content (AvgIpc) is 2.70. The van der Waals surface area contributed by atoms with Crippen LogP contribution in [0.5, 0.6) is 0 Å². The first-order chi connectivity index (χ1) is 7.66. The monoisotopic (exact) mass is 300 g/mol. The van der Waals surface area contributed by atoms with E-state index >= 15 is 0 Å². The van der Waals surface area contributed by atoms with E-state index in [1.807, 2.05) is 0 Å². The van der Waals surface area contributed by atoms with Gasteiger partial charge in [-0.1, -0.05) is 27.5 Å². The standard InChI is InChI=1S/C10H6BrClN2O2/c11-7-1-2-8(9(12)5-7)10(15)16-14-4-3-13-6-14/h1-6H. The van der Waals surface area contributed by atoms with Crippen LogP contribution in [0.1, 0.15) is 10.4 Å². The zero-order chi connectivity index (χ0) is 11.5. The Bertz CT molecular complexity index is 514. The minimum Gasteiger partial charge on any atom is -0.330 e. The highest BCUT2D eigenvalue weighted by Crippen LogP contribution is 2.21. The number of nitrogens with zero attached hydrogens (tertiary/aromatic N) is 2. The van der Waals surface area contributed by atoms with Crippen molar-refractivity contribution in [1.82, 2.24) is 9.71 Å². The van der Waals surface area contributed by atoms with E-state index in [0.29, 0.717) is 10.6 Å². The van der Waals surface area contributed by atoms with Gasteiger partial charge in [0.25, 0.3) is 0 Å². The minimum absolute atomic E-state index is 0.304. The fourth-order valence-electron chi connectivity index (χ4n) is 1.10. The van der Waals surface area contributed by atoms with Crippen molar-refractivity contribution in [2.24, 2.45) is 0 Å². The van der Waals surface area contributed by atoms with E-state index in [1.165, 1.54) is 23.5 Å². The maximum Gasteiger partial charge on any atom is 0.365 e. The van der Waals surface area contributed by atoms with Gasteiger partial charge in [-0.2, -0.15) is 4.73 Å². The second kappa shape index (κ2) is 4.67. The molecule has 6 heteroatoms. The summed E-state index contributed by atoms with van der Waals surface area (Å²) in [5.74, 6) is -0.532. The second-order valence-electron chi connectivity index (χ2n) is 2.93.